The molecule has 1 amide bonds. The van der Waals surface area contributed by atoms with Crippen molar-refractivity contribution in [1.29, 1.82) is 0 Å². The number of carbonyl (C=O) groups excluding carboxylic acids is 1. The molecule has 2 heterocycles. The van der Waals surface area contributed by atoms with E-state index in [0.29, 0.717) is 17.9 Å². The molecule has 1 aliphatic heterocycles. The van der Waals surface area contributed by atoms with Gasteiger partial charge in [0.2, 0.25) is 5.91 Å². The fraction of sp³-hybridized carbons (Fsp3) is 0.438. The molecule has 0 fully saturated rings. The van der Waals surface area contributed by atoms with Crippen molar-refractivity contribution in [3.8, 4) is 0 Å². The van der Waals surface area contributed by atoms with Gasteiger partial charge in [-0.3, -0.25) is 9.69 Å². The molecule has 0 saturated carbocycles. The van der Waals surface area contributed by atoms with Crippen molar-refractivity contribution in [1.82, 2.24) is 20.5 Å². The Hall–Kier alpha value is -2.21. The third-order valence-electron chi connectivity index (χ3n) is 4.23. The number of aromatic nitrogens is 2. The van der Waals surface area contributed by atoms with E-state index in [4.69, 9.17) is 0 Å². The number of amides is 1. The topological polar surface area (TPSA) is 71.3 Å². The summed E-state index contributed by atoms with van der Waals surface area (Å²) in [4.78, 5) is 14.8. The summed E-state index contributed by atoms with van der Waals surface area (Å²) in [6.45, 7) is 5.91. The zero-order valence-corrected chi connectivity index (χ0v) is 12.9. The number of rotatable bonds is 4. The summed E-state index contributed by atoms with van der Waals surface area (Å²) >= 11 is 0. The fourth-order valence-electron chi connectivity index (χ4n) is 2.87. The Kier molecular flexibility index (Phi) is 4.20. The summed E-state index contributed by atoms with van der Waals surface area (Å²) in [5.41, 5.74) is 3.95. The molecule has 6 heteroatoms. The lowest BCUT2D eigenvalue weighted by Gasteiger charge is -2.35. The number of hydrogen-bond acceptors (Lipinski definition) is 5. The van der Waals surface area contributed by atoms with Crippen molar-refractivity contribution < 1.29 is 9.42 Å². The Labute approximate surface area is 129 Å². The third-order valence-corrected chi connectivity index (χ3v) is 4.23. The van der Waals surface area contributed by atoms with Crippen LogP contribution in [-0.4, -0.2) is 33.7 Å². The number of benzene rings is 1. The van der Waals surface area contributed by atoms with Crippen LogP contribution in [0.5, 0.6) is 0 Å². The van der Waals surface area contributed by atoms with E-state index in [1.54, 1.807) is 0 Å². The standard InChI is InChI=1S/C16H20N4O2/c1-3-20-10-13-7-5-4-6-12(13)8-15(20)16(21)17-9-14-11(2)18-22-19-14/h4-7,15H,3,8-10H2,1-2H3,(H,17,21)/t15-/m0/s1. The number of likely N-dealkylation sites (N-methyl/N-ethyl adjacent to an activating group) is 1. The van der Waals surface area contributed by atoms with E-state index in [1.807, 2.05) is 19.1 Å². The monoisotopic (exact) mass is 300 g/mol. The van der Waals surface area contributed by atoms with Crippen LogP contribution in [0, 0.1) is 6.92 Å². The summed E-state index contributed by atoms with van der Waals surface area (Å²) in [5.74, 6) is 0.0266. The normalized spacial score (nSPS) is 18.0. The van der Waals surface area contributed by atoms with E-state index in [1.165, 1.54) is 11.1 Å². The minimum atomic E-state index is -0.139. The molecular formula is C16H20N4O2. The van der Waals surface area contributed by atoms with Crippen LogP contribution >= 0.6 is 0 Å². The first-order valence-corrected chi connectivity index (χ1v) is 7.55. The number of nitrogens with zero attached hydrogens (tertiary/aromatic N) is 3. The van der Waals surface area contributed by atoms with E-state index >= 15 is 0 Å². The molecular weight excluding hydrogens is 280 g/mol. The average molecular weight is 300 g/mol. The predicted octanol–water partition coefficient (Wildman–Crippen LogP) is 1.44. The Morgan fingerprint density at radius 1 is 1.36 bits per heavy atom. The van der Waals surface area contributed by atoms with Gasteiger partial charge in [-0.25, -0.2) is 4.63 Å². The van der Waals surface area contributed by atoms with Gasteiger partial charge in [0.15, 0.2) is 0 Å². The molecule has 1 aromatic carbocycles. The summed E-state index contributed by atoms with van der Waals surface area (Å²) < 4.78 is 4.65. The van der Waals surface area contributed by atoms with Gasteiger partial charge in [-0.05, 0) is 31.0 Å². The van der Waals surface area contributed by atoms with Crippen LogP contribution in [-0.2, 0) is 24.3 Å². The quantitative estimate of drug-likeness (QED) is 0.925. The van der Waals surface area contributed by atoms with Gasteiger partial charge >= 0.3 is 0 Å². The number of aryl methyl sites for hydroxylation is 1. The van der Waals surface area contributed by atoms with E-state index in [0.717, 1.165) is 19.5 Å². The molecule has 0 saturated heterocycles. The van der Waals surface area contributed by atoms with Crippen molar-refractivity contribution in [2.45, 2.75) is 39.4 Å². The lowest BCUT2D eigenvalue weighted by Crippen LogP contribution is -2.50. The average Bonchev–Trinajstić information content (AvgIpc) is 2.96. The first kappa shape index (κ1) is 14.7. The van der Waals surface area contributed by atoms with Gasteiger partial charge in [-0.15, -0.1) is 0 Å². The highest BCUT2D eigenvalue weighted by molar-refractivity contribution is 5.82. The van der Waals surface area contributed by atoms with Crippen LogP contribution < -0.4 is 5.32 Å². The van der Waals surface area contributed by atoms with Crippen molar-refractivity contribution in [2.24, 2.45) is 0 Å². The van der Waals surface area contributed by atoms with Gasteiger partial charge in [0.05, 0.1) is 12.6 Å². The van der Waals surface area contributed by atoms with Gasteiger partial charge in [0.25, 0.3) is 0 Å². The van der Waals surface area contributed by atoms with Gasteiger partial charge in [0.1, 0.15) is 11.4 Å². The number of hydrogen-bond donors (Lipinski definition) is 1. The molecule has 0 unspecified atom stereocenters. The van der Waals surface area contributed by atoms with Crippen molar-refractivity contribution in [3.63, 3.8) is 0 Å². The Bertz CT molecular complexity index is 668. The van der Waals surface area contributed by atoms with Crippen molar-refractivity contribution >= 4 is 5.91 Å². The second-order valence-electron chi connectivity index (χ2n) is 5.57. The predicted molar refractivity (Wildman–Crippen MR) is 80.9 cm³/mol. The molecule has 1 aromatic heterocycles. The summed E-state index contributed by atoms with van der Waals surface area (Å²) in [6.07, 6.45) is 0.742. The van der Waals surface area contributed by atoms with Crippen LogP contribution in [0.15, 0.2) is 28.9 Å². The summed E-state index contributed by atoms with van der Waals surface area (Å²) in [7, 11) is 0. The van der Waals surface area contributed by atoms with Crippen molar-refractivity contribution in [2.75, 3.05) is 6.54 Å². The maximum Gasteiger partial charge on any atom is 0.238 e. The molecule has 0 spiro atoms. The van der Waals surface area contributed by atoms with E-state index in [2.05, 4.69) is 44.2 Å². The number of carbonyl (C=O) groups is 1. The van der Waals surface area contributed by atoms with Crippen LogP contribution in [0.25, 0.3) is 0 Å². The fourth-order valence-corrected chi connectivity index (χ4v) is 2.87. The zero-order valence-electron chi connectivity index (χ0n) is 12.9. The lowest BCUT2D eigenvalue weighted by molar-refractivity contribution is -0.127. The van der Waals surface area contributed by atoms with E-state index in [-0.39, 0.29) is 11.9 Å². The molecule has 0 bridgehead atoms. The van der Waals surface area contributed by atoms with Gasteiger partial charge < -0.3 is 5.32 Å². The smallest absolute Gasteiger partial charge is 0.238 e. The van der Waals surface area contributed by atoms with Crippen LogP contribution in [0.2, 0.25) is 0 Å². The van der Waals surface area contributed by atoms with E-state index < -0.39 is 0 Å². The second-order valence-corrected chi connectivity index (χ2v) is 5.57. The Morgan fingerprint density at radius 2 is 2.14 bits per heavy atom. The van der Waals surface area contributed by atoms with Crippen LogP contribution in [0.1, 0.15) is 29.4 Å². The minimum Gasteiger partial charge on any atom is -0.349 e. The highest BCUT2D eigenvalue weighted by Gasteiger charge is 2.30. The molecule has 0 radical (unpaired) electrons. The van der Waals surface area contributed by atoms with Gasteiger partial charge in [-0.1, -0.05) is 41.5 Å². The molecule has 1 N–H and O–H groups in total. The lowest BCUT2D eigenvalue weighted by atomic mass is 9.93. The molecule has 1 aliphatic rings. The van der Waals surface area contributed by atoms with Crippen molar-refractivity contribution in [3.05, 3.63) is 46.8 Å². The maximum atomic E-state index is 12.6. The highest BCUT2D eigenvalue weighted by Crippen LogP contribution is 2.23. The van der Waals surface area contributed by atoms with Crippen LogP contribution in [0.3, 0.4) is 0 Å². The SMILES string of the molecule is CCN1Cc2ccccc2C[C@H]1C(=O)NCc1nonc1C. The highest BCUT2D eigenvalue weighted by atomic mass is 16.6. The van der Waals surface area contributed by atoms with Gasteiger partial charge in [0, 0.05) is 6.54 Å². The molecule has 116 valence electrons. The third kappa shape index (κ3) is 2.87. The minimum absolute atomic E-state index is 0.0266. The Balaban J connectivity index is 1.70. The number of fused-ring (bicyclic) bond motifs is 1. The first-order chi connectivity index (χ1) is 10.7. The summed E-state index contributed by atoms with van der Waals surface area (Å²) in [5, 5.41) is 10.5. The van der Waals surface area contributed by atoms with Gasteiger partial charge in [-0.2, -0.15) is 0 Å². The molecule has 6 nitrogen and oxygen atoms in total. The second kappa shape index (κ2) is 6.27. The molecule has 1 atom stereocenters. The first-order valence-electron chi connectivity index (χ1n) is 7.55. The summed E-state index contributed by atoms with van der Waals surface area (Å²) in [6, 6.07) is 8.18. The number of nitrogens with one attached hydrogen (secondary N) is 1. The largest absolute Gasteiger partial charge is 0.349 e. The molecule has 2 aromatic rings. The van der Waals surface area contributed by atoms with Crippen LogP contribution in [0.4, 0.5) is 0 Å². The Morgan fingerprint density at radius 3 is 2.82 bits per heavy atom. The maximum absolute atomic E-state index is 12.6. The molecule has 0 aliphatic carbocycles. The zero-order chi connectivity index (χ0) is 15.5. The van der Waals surface area contributed by atoms with E-state index in [9.17, 15) is 4.79 Å². The molecule has 3 rings (SSSR count). The molecule has 22 heavy (non-hydrogen) atoms.